The van der Waals surface area contributed by atoms with E-state index in [-0.39, 0.29) is 24.9 Å². The van der Waals surface area contributed by atoms with E-state index in [0.29, 0.717) is 55.8 Å². The summed E-state index contributed by atoms with van der Waals surface area (Å²) >= 11 is 5.95. The van der Waals surface area contributed by atoms with Gasteiger partial charge in [-0.3, -0.25) is 0 Å². The van der Waals surface area contributed by atoms with Gasteiger partial charge in [0.25, 0.3) is 0 Å². The number of ether oxygens (including phenoxy) is 3. The topological polar surface area (TPSA) is 97.3 Å². The second-order valence-corrected chi connectivity index (χ2v) is 9.37. The van der Waals surface area contributed by atoms with Crippen molar-refractivity contribution in [3.05, 3.63) is 94.8 Å². The lowest BCUT2D eigenvalue weighted by atomic mass is 10.1. The fourth-order valence-corrected chi connectivity index (χ4v) is 3.93. The van der Waals surface area contributed by atoms with Crippen molar-refractivity contribution in [1.82, 2.24) is 4.90 Å². The van der Waals surface area contributed by atoms with E-state index in [4.69, 9.17) is 25.8 Å². The summed E-state index contributed by atoms with van der Waals surface area (Å²) in [5, 5.41) is 12.7. The number of anilines is 1. The zero-order chi connectivity index (χ0) is 28.7. The molecule has 214 valence electrons. The van der Waals surface area contributed by atoms with Gasteiger partial charge < -0.3 is 29.5 Å². The summed E-state index contributed by atoms with van der Waals surface area (Å²) in [7, 11) is 0. The number of amides is 2. The van der Waals surface area contributed by atoms with Gasteiger partial charge in [0.2, 0.25) is 0 Å². The number of carbonyl (C=O) groups is 2. The van der Waals surface area contributed by atoms with Gasteiger partial charge >= 0.3 is 12.0 Å². The molecule has 0 radical (unpaired) electrons. The largest absolute Gasteiger partial charge is 0.492 e. The number of nitrogens with one attached hydrogen (secondary N) is 1. The third-order valence-electron chi connectivity index (χ3n) is 5.90. The Morgan fingerprint density at radius 1 is 0.950 bits per heavy atom. The van der Waals surface area contributed by atoms with Crippen LogP contribution in [0, 0.1) is 5.82 Å². The van der Waals surface area contributed by atoms with Crippen molar-refractivity contribution in [3.8, 4) is 5.75 Å². The van der Waals surface area contributed by atoms with Gasteiger partial charge in [-0.05, 0) is 73.0 Å². The molecule has 1 unspecified atom stereocenters. The SMILES string of the molecule is CCOC(Cc1ccc(OCCN(CCCOCc2ccc(F)cc2)C(=O)Nc2ccc(Cl)cc2)cc1)C(=O)O. The first-order valence-electron chi connectivity index (χ1n) is 13.0. The lowest BCUT2D eigenvalue weighted by Crippen LogP contribution is -2.39. The smallest absolute Gasteiger partial charge is 0.333 e. The molecule has 0 bridgehead atoms. The lowest BCUT2D eigenvalue weighted by Gasteiger charge is -2.23. The quantitative estimate of drug-likeness (QED) is 0.203. The molecule has 10 heteroatoms. The molecule has 2 amide bonds. The summed E-state index contributed by atoms with van der Waals surface area (Å²) in [5.74, 6) is -0.689. The molecule has 0 spiro atoms. The fourth-order valence-electron chi connectivity index (χ4n) is 3.81. The molecule has 1 atom stereocenters. The minimum atomic E-state index is -1.000. The number of hydrogen-bond donors (Lipinski definition) is 2. The van der Waals surface area contributed by atoms with Crippen LogP contribution in [0.5, 0.6) is 5.75 Å². The van der Waals surface area contributed by atoms with E-state index >= 15 is 0 Å². The molecule has 3 rings (SSSR count). The van der Waals surface area contributed by atoms with Crippen LogP contribution < -0.4 is 10.1 Å². The maximum Gasteiger partial charge on any atom is 0.333 e. The average Bonchev–Trinajstić information content (AvgIpc) is 2.94. The molecule has 0 saturated heterocycles. The van der Waals surface area contributed by atoms with Crippen molar-refractivity contribution in [2.75, 3.05) is 38.2 Å². The van der Waals surface area contributed by atoms with E-state index in [1.807, 2.05) is 0 Å². The van der Waals surface area contributed by atoms with Gasteiger partial charge in [0.15, 0.2) is 6.10 Å². The van der Waals surface area contributed by atoms with E-state index in [2.05, 4.69) is 5.32 Å². The van der Waals surface area contributed by atoms with Gasteiger partial charge in [-0.25, -0.2) is 14.0 Å². The highest BCUT2D eigenvalue weighted by Gasteiger charge is 2.18. The number of aliphatic carboxylic acids is 1. The predicted molar refractivity (Wildman–Crippen MR) is 151 cm³/mol. The van der Waals surface area contributed by atoms with Crippen LogP contribution in [-0.4, -0.2) is 61.0 Å². The third-order valence-corrected chi connectivity index (χ3v) is 6.15. The van der Waals surface area contributed by atoms with Crippen LogP contribution in [0.3, 0.4) is 0 Å². The van der Waals surface area contributed by atoms with Gasteiger partial charge in [-0.1, -0.05) is 35.9 Å². The van der Waals surface area contributed by atoms with E-state index in [9.17, 15) is 19.1 Å². The summed E-state index contributed by atoms with van der Waals surface area (Å²) in [5.41, 5.74) is 2.31. The molecule has 3 aromatic carbocycles. The molecule has 0 aliphatic carbocycles. The summed E-state index contributed by atoms with van der Waals surface area (Å²) in [6.07, 6.45) is -0.0519. The molecule has 3 aromatic rings. The molecule has 40 heavy (non-hydrogen) atoms. The molecule has 0 aromatic heterocycles. The van der Waals surface area contributed by atoms with E-state index in [1.54, 1.807) is 72.5 Å². The first kappa shape index (κ1) is 30.9. The maximum absolute atomic E-state index is 13.1. The van der Waals surface area contributed by atoms with Gasteiger partial charge in [0.05, 0.1) is 13.2 Å². The number of halogens is 2. The molecule has 2 N–H and O–H groups in total. The second-order valence-electron chi connectivity index (χ2n) is 8.94. The van der Waals surface area contributed by atoms with Crippen molar-refractivity contribution in [2.24, 2.45) is 0 Å². The van der Waals surface area contributed by atoms with E-state index < -0.39 is 12.1 Å². The summed E-state index contributed by atoms with van der Waals surface area (Å²) < 4.78 is 29.9. The van der Waals surface area contributed by atoms with E-state index in [1.165, 1.54) is 12.1 Å². The molecule has 0 aliphatic rings. The number of carboxylic acid groups (broad SMARTS) is 1. The Balaban J connectivity index is 1.51. The molecular formula is C30H34ClFN2O6. The highest BCUT2D eigenvalue weighted by molar-refractivity contribution is 6.30. The molecular weight excluding hydrogens is 539 g/mol. The van der Waals surface area contributed by atoms with Gasteiger partial charge in [-0.15, -0.1) is 0 Å². The van der Waals surface area contributed by atoms with Crippen molar-refractivity contribution >= 4 is 29.3 Å². The Kier molecular flexibility index (Phi) is 12.7. The lowest BCUT2D eigenvalue weighted by molar-refractivity contribution is -0.149. The van der Waals surface area contributed by atoms with Crippen LogP contribution in [0.4, 0.5) is 14.9 Å². The summed E-state index contributed by atoms with van der Waals surface area (Å²) in [6, 6.07) is 19.8. The Morgan fingerprint density at radius 3 is 2.27 bits per heavy atom. The Bertz CT molecular complexity index is 1190. The highest BCUT2D eigenvalue weighted by atomic mass is 35.5. The molecule has 0 fully saturated rings. The normalized spacial score (nSPS) is 11.6. The summed E-state index contributed by atoms with van der Waals surface area (Å²) in [4.78, 5) is 26.0. The van der Waals surface area contributed by atoms with Gasteiger partial charge in [-0.2, -0.15) is 0 Å². The van der Waals surface area contributed by atoms with Crippen LogP contribution in [0.2, 0.25) is 5.02 Å². The first-order chi connectivity index (χ1) is 19.3. The fraction of sp³-hybridized carbons (Fsp3) is 0.333. The number of hydrogen-bond acceptors (Lipinski definition) is 5. The van der Waals surface area contributed by atoms with Crippen LogP contribution in [0.15, 0.2) is 72.8 Å². The van der Waals surface area contributed by atoms with Crippen LogP contribution in [-0.2, 0) is 27.3 Å². The molecule has 0 heterocycles. The van der Waals surface area contributed by atoms with Crippen molar-refractivity contribution in [2.45, 2.75) is 32.5 Å². The average molecular weight is 573 g/mol. The Labute approximate surface area is 238 Å². The maximum atomic E-state index is 13.1. The predicted octanol–water partition coefficient (Wildman–Crippen LogP) is 6.03. The standard InChI is InChI=1S/C30H34ClFN2O6/c1-2-39-28(29(35)36)20-22-6-14-27(15-7-22)40-19-17-34(30(37)33-26-12-8-24(31)9-13-26)16-3-18-38-21-23-4-10-25(32)11-5-23/h4-15,28H,2-3,16-21H2,1H3,(H,33,37)(H,35,36). The number of benzene rings is 3. The number of urea groups is 1. The Morgan fingerprint density at radius 2 is 1.62 bits per heavy atom. The van der Waals surface area contributed by atoms with Gasteiger partial charge in [0, 0.05) is 36.9 Å². The molecule has 0 saturated carbocycles. The molecule has 8 nitrogen and oxygen atoms in total. The number of rotatable bonds is 16. The van der Waals surface area contributed by atoms with Crippen molar-refractivity contribution in [1.29, 1.82) is 0 Å². The van der Waals surface area contributed by atoms with Crippen molar-refractivity contribution in [3.63, 3.8) is 0 Å². The first-order valence-corrected chi connectivity index (χ1v) is 13.4. The number of carbonyl (C=O) groups excluding carboxylic acids is 1. The van der Waals surface area contributed by atoms with Crippen LogP contribution >= 0.6 is 11.6 Å². The Hall–Kier alpha value is -3.66. The zero-order valence-electron chi connectivity index (χ0n) is 22.4. The van der Waals surface area contributed by atoms with Crippen LogP contribution in [0.25, 0.3) is 0 Å². The minimum Gasteiger partial charge on any atom is -0.492 e. The monoisotopic (exact) mass is 572 g/mol. The minimum absolute atomic E-state index is 0.251. The van der Waals surface area contributed by atoms with Crippen LogP contribution in [0.1, 0.15) is 24.5 Å². The highest BCUT2D eigenvalue weighted by Crippen LogP contribution is 2.16. The number of nitrogens with zero attached hydrogens (tertiary/aromatic N) is 1. The zero-order valence-corrected chi connectivity index (χ0v) is 23.1. The van der Waals surface area contributed by atoms with Crippen molar-refractivity contribution < 1.29 is 33.3 Å². The summed E-state index contributed by atoms with van der Waals surface area (Å²) in [6.45, 7) is 3.86. The second kappa shape index (κ2) is 16.4. The third kappa shape index (κ3) is 10.8. The number of carboxylic acids is 1. The molecule has 0 aliphatic heterocycles. The van der Waals surface area contributed by atoms with E-state index in [0.717, 1.165) is 11.1 Å². The van der Waals surface area contributed by atoms with Gasteiger partial charge in [0.1, 0.15) is 18.2 Å².